The Morgan fingerprint density at radius 3 is 3.00 bits per heavy atom. The predicted octanol–water partition coefficient (Wildman–Crippen LogP) is 0.332. The van der Waals surface area contributed by atoms with Crippen molar-refractivity contribution in [2.75, 3.05) is 31.2 Å². The highest BCUT2D eigenvalue weighted by Crippen LogP contribution is 2.18. The molecular formula is C12H18N2O3. The van der Waals surface area contributed by atoms with E-state index in [9.17, 15) is 5.11 Å². The number of pyridine rings is 1. The van der Waals surface area contributed by atoms with Crippen molar-refractivity contribution in [3.8, 4) is 0 Å². The van der Waals surface area contributed by atoms with Crippen molar-refractivity contribution in [3.05, 3.63) is 24.0 Å². The van der Waals surface area contributed by atoms with Gasteiger partial charge in [0.25, 0.3) is 0 Å². The Bertz CT molecular complexity index is 353. The van der Waals surface area contributed by atoms with Crippen LogP contribution in [0.5, 0.6) is 0 Å². The lowest BCUT2D eigenvalue weighted by molar-refractivity contribution is 0.00355. The van der Waals surface area contributed by atoms with E-state index in [4.69, 9.17) is 9.84 Å². The van der Waals surface area contributed by atoms with E-state index in [2.05, 4.69) is 9.88 Å². The lowest BCUT2D eigenvalue weighted by Gasteiger charge is -2.33. The Hall–Kier alpha value is -1.17. The van der Waals surface area contributed by atoms with Gasteiger partial charge in [0.05, 0.1) is 43.0 Å². The first-order valence-corrected chi connectivity index (χ1v) is 5.82. The van der Waals surface area contributed by atoms with E-state index in [0.29, 0.717) is 18.8 Å². The van der Waals surface area contributed by atoms with E-state index in [1.165, 1.54) is 0 Å². The van der Waals surface area contributed by atoms with Gasteiger partial charge in [-0.3, -0.25) is 4.98 Å². The lowest BCUT2D eigenvalue weighted by Crippen LogP contribution is -2.44. The molecule has 1 aromatic heterocycles. The standard InChI is InChI=1S/C12H18N2O3/c1-9(16)12-3-2-10(6-13-12)14-4-5-17-11(7-14)8-15/h2-3,6,9,11,15-16H,4-5,7-8H2,1H3. The quantitative estimate of drug-likeness (QED) is 0.794. The fraction of sp³-hybridized carbons (Fsp3) is 0.583. The molecule has 0 radical (unpaired) electrons. The Labute approximate surface area is 101 Å². The maximum atomic E-state index is 9.38. The number of aliphatic hydroxyl groups excluding tert-OH is 2. The van der Waals surface area contributed by atoms with Gasteiger partial charge in [-0.2, -0.15) is 0 Å². The van der Waals surface area contributed by atoms with Crippen LogP contribution in [0.25, 0.3) is 0 Å². The molecule has 17 heavy (non-hydrogen) atoms. The van der Waals surface area contributed by atoms with E-state index in [0.717, 1.165) is 12.2 Å². The van der Waals surface area contributed by atoms with Gasteiger partial charge in [0, 0.05) is 13.1 Å². The average molecular weight is 238 g/mol. The Kier molecular flexibility index (Phi) is 3.93. The maximum Gasteiger partial charge on any atom is 0.0980 e. The highest BCUT2D eigenvalue weighted by molar-refractivity contribution is 5.45. The van der Waals surface area contributed by atoms with Crippen molar-refractivity contribution in [1.82, 2.24) is 4.98 Å². The van der Waals surface area contributed by atoms with Gasteiger partial charge < -0.3 is 19.8 Å². The zero-order valence-electron chi connectivity index (χ0n) is 9.91. The molecule has 0 aromatic carbocycles. The molecule has 1 aliphatic heterocycles. The summed E-state index contributed by atoms with van der Waals surface area (Å²) in [5.41, 5.74) is 1.66. The number of aliphatic hydroxyl groups is 2. The third-order valence-corrected chi connectivity index (χ3v) is 2.91. The fourth-order valence-electron chi connectivity index (χ4n) is 1.90. The molecule has 1 aromatic rings. The summed E-state index contributed by atoms with van der Waals surface area (Å²) in [5, 5.41) is 18.4. The predicted molar refractivity (Wildman–Crippen MR) is 63.9 cm³/mol. The van der Waals surface area contributed by atoms with E-state index in [1.54, 1.807) is 13.1 Å². The van der Waals surface area contributed by atoms with E-state index in [1.807, 2.05) is 12.1 Å². The second-order valence-corrected chi connectivity index (χ2v) is 4.24. The number of hydrogen-bond acceptors (Lipinski definition) is 5. The van der Waals surface area contributed by atoms with Crippen LogP contribution in [0.3, 0.4) is 0 Å². The molecule has 1 aliphatic rings. The molecule has 1 saturated heterocycles. The second kappa shape index (κ2) is 5.44. The van der Waals surface area contributed by atoms with Crippen molar-refractivity contribution in [2.24, 2.45) is 0 Å². The van der Waals surface area contributed by atoms with E-state index < -0.39 is 6.10 Å². The first kappa shape index (κ1) is 12.3. The SMILES string of the molecule is CC(O)c1ccc(N2CCOC(CO)C2)cn1. The van der Waals surface area contributed by atoms with E-state index in [-0.39, 0.29) is 12.7 Å². The minimum atomic E-state index is -0.543. The molecule has 2 atom stereocenters. The van der Waals surface area contributed by atoms with Crippen LogP contribution in [0.1, 0.15) is 18.7 Å². The molecule has 2 heterocycles. The van der Waals surface area contributed by atoms with Crippen molar-refractivity contribution in [2.45, 2.75) is 19.1 Å². The zero-order valence-corrected chi connectivity index (χ0v) is 9.91. The molecule has 0 amide bonds. The minimum Gasteiger partial charge on any atom is -0.394 e. The van der Waals surface area contributed by atoms with Crippen molar-refractivity contribution in [1.29, 1.82) is 0 Å². The van der Waals surface area contributed by atoms with Crippen LogP contribution in [-0.2, 0) is 4.74 Å². The smallest absolute Gasteiger partial charge is 0.0980 e. The molecule has 0 bridgehead atoms. The van der Waals surface area contributed by atoms with Gasteiger partial charge in [-0.05, 0) is 19.1 Å². The van der Waals surface area contributed by atoms with Gasteiger partial charge in [-0.15, -0.1) is 0 Å². The highest BCUT2D eigenvalue weighted by Gasteiger charge is 2.20. The van der Waals surface area contributed by atoms with Crippen LogP contribution in [0, 0.1) is 0 Å². The van der Waals surface area contributed by atoms with Crippen LogP contribution in [0.4, 0.5) is 5.69 Å². The topological polar surface area (TPSA) is 65.8 Å². The number of hydrogen-bond donors (Lipinski definition) is 2. The van der Waals surface area contributed by atoms with Crippen LogP contribution in [0.15, 0.2) is 18.3 Å². The normalized spacial score (nSPS) is 22.5. The molecule has 5 heteroatoms. The Balaban J connectivity index is 2.06. The number of morpholine rings is 1. The third kappa shape index (κ3) is 2.94. The zero-order chi connectivity index (χ0) is 12.3. The van der Waals surface area contributed by atoms with Crippen LogP contribution in [-0.4, -0.2) is 47.6 Å². The third-order valence-electron chi connectivity index (χ3n) is 2.91. The van der Waals surface area contributed by atoms with Crippen molar-refractivity contribution >= 4 is 5.69 Å². The Morgan fingerprint density at radius 1 is 1.59 bits per heavy atom. The van der Waals surface area contributed by atoms with E-state index >= 15 is 0 Å². The first-order chi connectivity index (χ1) is 8.20. The van der Waals surface area contributed by atoms with Crippen molar-refractivity contribution < 1.29 is 14.9 Å². The summed E-state index contributed by atoms with van der Waals surface area (Å²) >= 11 is 0. The molecule has 0 spiro atoms. The molecule has 2 unspecified atom stereocenters. The van der Waals surface area contributed by atoms with Crippen LogP contribution in [0.2, 0.25) is 0 Å². The highest BCUT2D eigenvalue weighted by atomic mass is 16.5. The maximum absolute atomic E-state index is 9.38. The fourth-order valence-corrected chi connectivity index (χ4v) is 1.90. The van der Waals surface area contributed by atoms with Crippen LogP contribution >= 0.6 is 0 Å². The van der Waals surface area contributed by atoms with Crippen molar-refractivity contribution in [3.63, 3.8) is 0 Å². The number of aromatic nitrogens is 1. The second-order valence-electron chi connectivity index (χ2n) is 4.24. The summed E-state index contributed by atoms with van der Waals surface area (Å²) in [6.07, 6.45) is 1.08. The molecule has 1 fully saturated rings. The van der Waals surface area contributed by atoms with Gasteiger partial charge in [0.2, 0.25) is 0 Å². The summed E-state index contributed by atoms with van der Waals surface area (Å²) in [4.78, 5) is 6.34. The molecule has 5 nitrogen and oxygen atoms in total. The summed E-state index contributed by atoms with van der Waals surface area (Å²) in [6, 6.07) is 3.76. The average Bonchev–Trinajstić information content (AvgIpc) is 2.39. The largest absolute Gasteiger partial charge is 0.394 e. The summed E-state index contributed by atoms with van der Waals surface area (Å²) in [5.74, 6) is 0. The molecule has 0 aliphatic carbocycles. The molecule has 2 N–H and O–H groups in total. The first-order valence-electron chi connectivity index (χ1n) is 5.82. The lowest BCUT2D eigenvalue weighted by atomic mass is 10.2. The number of nitrogens with zero attached hydrogens (tertiary/aromatic N) is 2. The van der Waals surface area contributed by atoms with Gasteiger partial charge in [-0.25, -0.2) is 0 Å². The Morgan fingerprint density at radius 2 is 2.41 bits per heavy atom. The van der Waals surface area contributed by atoms with Gasteiger partial charge in [-0.1, -0.05) is 0 Å². The van der Waals surface area contributed by atoms with Gasteiger partial charge in [0.1, 0.15) is 0 Å². The summed E-state index contributed by atoms with van der Waals surface area (Å²) in [7, 11) is 0. The molecular weight excluding hydrogens is 220 g/mol. The van der Waals surface area contributed by atoms with Gasteiger partial charge in [0.15, 0.2) is 0 Å². The number of rotatable bonds is 3. The number of ether oxygens (including phenoxy) is 1. The summed E-state index contributed by atoms with van der Waals surface area (Å²) < 4.78 is 5.39. The number of anilines is 1. The molecule has 0 saturated carbocycles. The summed E-state index contributed by atoms with van der Waals surface area (Å²) in [6.45, 7) is 3.82. The molecule has 94 valence electrons. The van der Waals surface area contributed by atoms with Crippen LogP contribution < -0.4 is 4.90 Å². The minimum absolute atomic E-state index is 0.0374. The monoisotopic (exact) mass is 238 g/mol. The van der Waals surface area contributed by atoms with Gasteiger partial charge >= 0.3 is 0 Å². The molecule has 2 rings (SSSR count).